The summed E-state index contributed by atoms with van der Waals surface area (Å²) in [6.45, 7) is 5.65. The zero-order chi connectivity index (χ0) is 12.8. The highest BCUT2D eigenvalue weighted by atomic mass is 16.4. The van der Waals surface area contributed by atoms with Crippen LogP contribution in [0.15, 0.2) is 0 Å². The zero-order valence-electron chi connectivity index (χ0n) is 10.8. The van der Waals surface area contributed by atoms with Gasteiger partial charge in [-0.1, -0.05) is 13.8 Å². The number of likely N-dealkylation sites (tertiary alicyclic amines) is 1. The molecule has 0 bridgehead atoms. The first-order valence-corrected chi connectivity index (χ1v) is 6.59. The molecule has 1 rings (SSSR count). The number of carboxylic acids is 1. The van der Waals surface area contributed by atoms with Crippen molar-refractivity contribution in [2.75, 3.05) is 13.1 Å². The Bertz CT molecular complexity index is 274. The van der Waals surface area contributed by atoms with E-state index in [2.05, 4.69) is 0 Å². The zero-order valence-corrected chi connectivity index (χ0v) is 10.8. The number of carbonyl (C=O) groups excluding carboxylic acids is 1. The van der Waals surface area contributed by atoms with E-state index in [-0.39, 0.29) is 18.2 Å². The fraction of sp³-hybridized carbons (Fsp3) is 0.846. The topological polar surface area (TPSA) is 57.6 Å². The van der Waals surface area contributed by atoms with Gasteiger partial charge in [-0.2, -0.15) is 0 Å². The van der Waals surface area contributed by atoms with E-state index in [1.165, 1.54) is 0 Å². The number of aliphatic carboxylic acids is 1. The summed E-state index contributed by atoms with van der Waals surface area (Å²) in [7, 11) is 0. The lowest BCUT2D eigenvalue weighted by Gasteiger charge is -2.21. The molecule has 0 saturated carbocycles. The van der Waals surface area contributed by atoms with Crippen molar-refractivity contribution in [3.05, 3.63) is 0 Å². The van der Waals surface area contributed by atoms with Gasteiger partial charge in [0.15, 0.2) is 0 Å². The summed E-state index contributed by atoms with van der Waals surface area (Å²) in [5.74, 6) is 0.0419. The Balaban J connectivity index is 2.38. The average molecular weight is 241 g/mol. The Hall–Kier alpha value is -1.06. The van der Waals surface area contributed by atoms with E-state index in [9.17, 15) is 9.59 Å². The number of amides is 1. The Morgan fingerprint density at radius 1 is 1.35 bits per heavy atom. The number of rotatable bonds is 6. The van der Waals surface area contributed by atoms with Crippen LogP contribution in [-0.2, 0) is 9.59 Å². The van der Waals surface area contributed by atoms with Crippen LogP contribution in [0, 0.1) is 11.8 Å². The summed E-state index contributed by atoms with van der Waals surface area (Å²) in [6.07, 6.45) is 3.66. The van der Waals surface area contributed by atoms with Crippen LogP contribution >= 0.6 is 0 Å². The molecule has 1 aliphatic rings. The summed E-state index contributed by atoms with van der Waals surface area (Å²) in [6, 6.07) is 0. The van der Waals surface area contributed by atoms with Gasteiger partial charge in [-0.3, -0.25) is 9.59 Å². The first-order chi connectivity index (χ1) is 8.08. The van der Waals surface area contributed by atoms with Gasteiger partial charge >= 0.3 is 5.97 Å². The largest absolute Gasteiger partial charge is 0.481 e. The maximum absolute atomic E-state index is 12.1. The van der Waals surface area contributed by atoms with Crippen LogP contribution in [0.1, 0.15) is 46.0 Å². The second-order valence-corrected chi connectivity index (χ2v) is 4.88. The molecular formula is C13H23NO3. The number of carbonyl (C=O) groups is 2. The molecule has 1 heterocycles. The third-order valence-corrected chi connectivity index (χ3v) is 3.70. The molecule has 0 aromatic rings. The molecule has 17 heavy (non-hydrogen) atoms. The maximum atomic E-state index is 12.1. The normalized spacial score (nSPS) is 19.9. The number of carboxylic acid groups (broad SMARTS) is 1. The molecule has 1 fully saturated rings. The number of hydrogen-bond donors (Lipinski definition) is 1. The molecule has 0 aromatic carbocycles. The van der Waals surface area contributed by atoms with E-state index >= 15 is 0 Å². The quantitative estimate of drug-likeness (QED) is 0.775. The van der Waals surface area contributed by atoms with Crippen molar-refractivity contribution in [2.24, 2.45) is 11.8 Å². The fourth-order valence-corrected chi connectivity index (χ4v) is 2.49. The van der Waals surface area contributed by atoms with Crippen molar-refractivity contribution in [3.8, 4) is 0 Å². The predicted octanol–water partition coefficient (Wildman–Crippen LogP) is 2.14. The lowest BCUT2D eigenvalue weighted by Crippen LogP contribution is -2.34. The van der Waals surface area contributed by atoms with Gasteiger partial charge < -0.3 is 10.0 Å². The van der Waals surface area contributed by atoms with Gasteiger partial charge in [0.05, 0.1) is 0 Å². The second kappa shape index (κ2) is 6.62. The van der Waals surface area contributed by atoms with Crippen LogP contribution in [0.5, 0.6) is 0 Å². The van der Waals surface area contributed by atoms with Crippen molar-refractivity contribution in [3.63, 3.8) is 0 Å². The van der Waals surface area contributed by atoms with Gasteiger partial charge in [0, 0.05) is 25.4 Å². The Labute approximate surface area is 103 Å². The van der Waals surface area contributed by atoms with Gasteiger partial charge in [0.1, 0.15) is 0 Å². The molecule has 4 heteroatoms. The summed E-state index contributed by atoms with van der Waals surface area (Å²) in [5, 5.41) is 8.63. The highest BCUT2D eigenvalue weighted by Gasteiger charge is 2.29. The standard InChI is InChI=1S/C13H23NO3/c1-3-11(4-2)13(17)14-8-7-10(9-14)5-6-12(15)16/h10-11H,3-9H2,1-2H3,(H,15,16). The summed E-state index contributed by atoms with van der Waals surface area (Å²) in [5.41, 5.74) is 0. The van der Waals surface area contributed by atoms with E-state index in [1.807, 2.05) is 18.7 Å². The van der Waals surface area contributed by atoms with Gasteiger partial charge in [0.25, 0.3) is 0 Å². The first kappa shape index (κ1) is 14.0. The molecule has 0 aliphatic carbocycles. The monoisotopic (exact) mass is 241 g/mol. The van der Waals surface area contributed by atoms with Crippen LogP contribution < -0.4 is 0 Å². The molecule has 1 atom stereocenters. The molecule has 4 nitrogen and oxygen atoms in total. The van der Waals surface area contributed by atoms with Crippen LogP contribution in [0.25, 0.3) is 0 Å². The molecule has 0 spiro atoms. The first-order valence-electron chi connectivity index (χ1n) is 6.59. The Kier molecular flexibility index (Phi) is 5.45. The van der Waals surface area contributed by atoms with Crippen LogP contribution in [-0.4, -0.2) is 35.0 Å². The van der Waals surface area contributed by atoms with Crippen molar-refractivity contribution in [2.45, 2.75) is 46.0 Å². The molecule has 1 aliphatic heterocycles. The lowest BCUT2D eigenvalue weighted by molar-refractivity contribution is -0.137. The Morgan fingerprint density at radius 3 is 2.53 bits per heavy atom. The smallest absolute Gasteiger partial charge is 0.303 e. The molecule has 1 amide bonds. The summed E-state index contributed by atoms with van der Waals surface area (Å²) >= 11 is 0. The van der Waals surface area contributed by atoms with E-state index in [1.54, 1.807) is 0 Å². The minimum atomic E-state index is -0.741. The van der Waals surface area contributed by atoms with Gasteiger partial charge in [-0.15, -0.1) is 0 Å². The second-order valence-electron chi connectivity index (χ2n) is 4.88. The van der Waals surface area contributed by atoms with Gasteiger partial charge in [-0.05, 0) is 31.6 Å². The number of nitrogens with zero attached hydrogens (tertiary/aromatic N) is 1. The van der Waals surface area contributed by atoms with Crippen LogP contribution in [0.4, 0.5) is 0 Å². The maximum Gasteiger partial charge on any atom is 0.303 e. The third kappa shape index (κ3) is 4.02. The molecular weight excluding hydrogens is 218 g/mol. The molecule has 1 saturated heterocycles. The van der Waals surface area contributed by atoms with Gasteiger partial charge in [0.2, 0.25) is 5.91 Å². The van der Waals surface area contributed by atoms with E-state index < -0.39 is 5.97 Å². The van der Waals surface area contributed by atoms with Crippen molar-refractivity contribution in [1.29, 1.82) is 0 Å². The van der Waals surface area contributed by atoms with E-state index in [4.69, 9.17) is 5.11 Å². The predicted molar refractivity (Wildman–Crippen MR) is 65.6 cm³/mol. The van der Waals surface area contributed by atoms with E-state index in [0.29, 0.717) is 12.3 Å². The van der Waals surface area contributed by atoms with Crippen LogP contribution in [0.3, 0.4) is 0 Å². The molecule has 1 unspecified atom stereocenters. The Morgan fingerprint density at radius 2 is 2.00 bits per heavy atom. The molecule has 98 valence electrons. The minimum Gasteiger partial charge on any atom is -0.481 e. The van der Waals surface area contributed by atoms with Crippen molar-refractivity contribution < 1.29 is 14.7 Å². The average Bonchev–Trinajstić information content (AvgIpc) is 2.76. The fourth-order valence-electron chi connectivity index (χ4n) is 2.49. The van der Waals surface area contributed by atoms with E-state index in [0.717, 1.165) is 32.4 Å². The lowest BCUT2D eigenvalue weighted by atomic mass is 10.0. The summed E-state index contributed by atoms with van der Waals surface area (Å²) < 4.78 is 0. The molecule has 1 N–H and O–H groups in total. The van der Waals surface area contributed by atoms with Crippen molar-refractivity contribution >= 4 is 11.9 Å². The van der Waals surface area contributed by atoms with Crippen LogP contribution in [0.2, 0.25) is 0 Å². The third-order valence-electron chi connectivity index (χ3n) is 3.70. The number of hydrogen-bond acceptors (Lipinski definition) is 2. The SMILES string of the molecule is CCC(CC)C(=O)N1CCC(CCC(=O)O)C1. The minimum absolute atomic E-state index is 0.147. The molecule has 0 aromatic heterocycles. The highest BCUT2D eigenvalue weighted by molar-refractivity contribution is 5.79. The highest BCUT2D eigenvalue weighted by Crippen LogP contribution is 2.24. The van der Waals surface area contributed by atoms with Gasteiger partial charge in [-0.25, -0.2) is 0 Å². The molecule has 0 radical (unpaired) electrons. The summed E-state index contributed by atoms with van der Waals surface area (Å²) in [4.78, 5) is 24.5. The van der Waals surface area contributed by atoms with Crippen molar-refractivity contribution in [1.82, 2.24) is 4.90 Å².